The van der Waals surface area contributed by atoms with E-state index >= 15 is 0 Å². The van der Waals surface area contributed by atoms with E-state index in [0.717, 1.165) is 0 Å². The zero-order valence-corrected chi connectivity index (χ0v) is 11.9. The number of carboxylic acid groups (broad SMARTS) is 1. The molecule has 0 aliphatic heterocycles. The van der Waals surface area contributed by atoms with E-state index in [1.54, 1.807) is 34.6 Å². The summed E-state index contributed by atoms with van der Waals surface area (Å²) in [4.78, 5) is 33.7. The third kappa shape index (κ3) is 8.01. The minimum atomic E-state index is -1.11. The van der Waals surface area contributed by atoms with Crippen LogP contribution in [-0.4, -0.2) is 41.3 Å². The molecule has 0 rings (SSSR count). The summed E-state index contributed by atoms with van der Waals surface area (Å²) < 4.78 is 4.94. The predicted molar refractivity (Wildman–Crippen MR) is 68.6 cm³/mol. The van der Waals surface area contributed by atoms with Crippen LogP contribution in [0.1, 0.15) is 34.6 Å². The number of aliphatic carboxylic acids is 1. The average Bonchev–Trinajstić information content (AvgIpc) is 2.19. The second-order valence-electron chi connectivity index (χ2n) is 5.48. The van der Waals surface area contributed by atoms with Gasteiger partial charge in [-0.15, -0.1) is 0 Å². The molecule has 7 heteroatoms. The molecule has 0 aromatic rings. The highest BCUT2D eigenvalue weighted by atomic mass is 16.6. The number of ether oxygens (including phenoxy) is 1. The summed E-state index contributed by atoms with van der Waals surface area (Å²) in [6.07, 6.45) is -0.723. The van der Waals surface area contributed by atoms with Crippen LogP contribution in [0.4, 0.5) is 4.79 Å². The standard InChI is InChI=1S/C12H22N2O5/c1-7(2)9(10(16)17)14-8(15)6-13-11(18)19-12(3,4)5/h7,9H,6H2,1-5H3,(H,13,18)(H,14,15)(H,16,17)/t9-/m1/s1. The first-order valence-electron chi connectivity index (χ1n) is 6.02. The molecule has 0 unspecified atom stereocenters. The van der Waals surface area contributed by atoms with Crippen LogP contribution in [0.2, 0.25) is 0 Å². The maximum Gasteiger partial charge on any atom is 0.408 e. The number of rotatable bonds is 5. The lowest BCUT2D eigenvalue weighted by atomic mass is 10.1. The molecule has 1 atom stereocenters. The Labute approximate surface area is 112 Å². The summed E-state index contributed by atoms with van der Waals surface area (Å²) in [5, 5.41) is 13.5. The first-order chi connectivity index (χ1) is 8.53. The van der Waals surface area contributed by atoms with Gasteiger partial charge < -0.3 is 20.5 Å². The SMILES string of the molecule is CC(C)[C@@H](NC(=O)CNC(=O)OC(C)(C)C)C(=O)O. The highest BCUT2D eigenvalue weighted by molar-refractivity contribution is 5.86. The summed E-state index contributed by atoms with van der Waals surface area (Å²) in [6, 6.07) is -0.979. The molecule has 3 N–H and O–H groups in total. The molecule has 110 valence electrons. The molecule has 2 amide bonds. The maximum absolute atomic E-state index is 11.5. The van der Waals surface area contributed by atoms with E-state index in [2.05, 4.69) is 10.6 Å². The molecule has 0 bridgehead atoms. The Kier molecular flexibility index (Phi) is 6.31. The minimum absolute atomic E-state index is 0.247. The zero-order valence-electron chi connectivity index (χ0n) is 11.9. The number of alkyl carbamates (subject to hydrolysis) is 1. The molecular formula is C12H22N2O5. The molecule has 0 saturated carbocycles. The zero-order chi connectivity index (χ0) is 15.2. The number of hydrogen-bond donors (Lipinski definition) is 3. The summed E-state index contributed by atoms with van der Waals surface area (Å²) in [5.41, 5.74) is -0.651. The van der Waals surface area contributed by atoms with Crippen molar-refractivity contribution in [2.75, 3.05) is 6.54 Å². The van der Waals surface area contributed by atoms with Gasteiger partial charge in [-0.3, -0.25) is 4.79 Å². The molecule has 0 radical (unpaired) electrons. The highest BCUT2D eigenvalue weighted by Gasteiger charge is 2.23. The molecule has 0 fully saturated rings. The monoisotopic (exact) mass is 274 g/mol. The van der Waals surface area contributed by atoms with Gasteiger partial charge in [0.25, 0.3) is 0 Å². The predicted octanol–water partition coefficient (Wildman–Crippen LogP) is 0.737. The Hall–Kier alpha value is -1.79. The Morgan fingerprint density at radius 2 is 1.74 bits per heavy atom. The Bertz CT molecular complexity index is 347. The average molecular weight is 274 g/mol. The van der Waals surface area contributed by atoms with Crippen molar-refractivity contribution >= 4 is 18.0 Å². The molecule has 0 aromatic carbocycles. The maximum atomic E-state index is 11.5. The first-order valence-corrected chi connectivity index (χ1v) is 6.02. The smallest absolute Gasteiger partial charge is 0.408 e. The Balaban J connectivity index is 4.19. The Morgan fingerprint density at radius 3 is 2.11 bits per heavy atom. The van der Waals surface area contributed by atoms with E-state index in [-0.39, 0.29) is 12.5 Å². The van der Waals surface area contributed by atoms with Crippen molar-refractivity contribution in [1.29, 1.82) is 0 Å². The van der Waals surface area contributed by atoms with Gasteiger partial charge in [-0.05, 0) is 26.7 Å². The van der Waals surface area contributed by atoms with Gasteiger partial charge in [-0.25, -0.2) is 9.59 Å². The normalized spacial score (nSPS) is 12.7. The van der Waals surface area contributed by atoms with E-state index < -0.39 is 29.6 Å². The van der Waals surface area contributed by atoms with Gasteiger partial charge in [0, 0.05) is 0 Å². The fraction of sp³-hybridized carbons (Fsp3) is 0.750. The van der Waals surface area contributed by atoms with Crippen LogP contribution >= 0.6 is 0 Å². The van der Waals surface area contributed by atoms with Crippen LogP contribution in [0.15, 0.2) is 0 Å². The lowest BCUT2D eigenvalue weighted by Crippen LogP contribution is -2.48. The van der Waals surface area contributed by atoms with Crippen molar-refractivity contribution in [3.63, 3.8) is 0 Å². The van der Waals surface area contributed by atoms with E-state index in [0.29, 0.717) is 0 Å². The third-order valence-corrected chi connectivity index (χ3v) is 2.04. The van der Waals surface area contributed by atoms with Crippen LogP contribution in [0.3, 0.4) is 0 Å². The van der Waals surface area contributed by atoms with Crippen LogP contribution in [-0.2, 0) is 14.3 Å². The number of nitrogens with one attached hydrogen (secondary N) is 2. The van der Waals surface area contributed by atoms with Crippen LogP contribution in [0, 0.1) is 5.92 Å². The third-order valence-electron chi connectivity index (χ3n) is 2.04. The molecule has 0 heterocycles. The highest BCUT2D eigenvalue weighted by Crippen LogP contribution is 2.06. The summed E-state index contributed by atoms with van der Waals surface area (Å²) in [7, 11) is 0. The molecule has 7 nitrogen and oxygen atoms in total. The van der Waals surface area contributed by atoms with Gasteiger partial charge in [0.2, 0.25) is 5.91 Å². The largest absolute Gasteiger partial charge is 0.480 e. The number of amides is 2. The Morgan fingerprint density at radius 1 is 1.21 bits per heavy atom. The van der Waals surface area contributed by atoms with E-state index in [1.165, 1.54) is 0 Å². The summed E-state index contributed by atoms with van der Waals surface area (Å²) >= 11 is 0. The lowest BCUT2D eigenvalue weighted by Gasteiger charge is -2.20. The van der Waals surface area contributed by atoms with E-state index in [1.807, 2.05) is 0 Å². The van der Waals surface area contributed by atoms with Gasteiger partial charge in [0.1, 0.15) is 18.2 Å². The van der Waals surface area contributed by atoms with Gasteiger partial charge in [-0.1, -0.05) is 13.8 Å². The number of carbonyl (C=O) groups is 3. The molecule has 0 aliphatic carbocycles. The van der Waals surface area contributed by atoms with Crippen LogP contribution in [0.5, 0.6) is 0 Å². The van der Waals surface area contributed by atoms with Gasteiger partial charge >= 0.3 is 12.1 Å². The second-order valence-corrected chi connectivity index (χ2v) is 5.48. The topological polar surface area (TPSA) is 105 Å². The quantitative estimate of drug-likeness (QED) is 0.685. The van der Waals surface area contributed by atoms with Crippen molar-refractivity contribution in [1.82, 2.24) is 10.6 Å². The summed E-state index contributed by atoms with van der Waals surface area (Å²) in [6.45, 7) is 8.13. The number of carbonyl (C=O) groups excluding carboxylic acids is 2. The van der Waals surface area contributed by atoms with Gasteiger partial charge in [0.05, 0.1) is 0 Å². The van der Waals surface area contributed by atoms with Crippen molar-refractivity contribution in [3.05, 3.63) is 0 Å². The van der Waals surface area contributed by atoms with E-state index in [9.17, 15) is 14.4 Å². The fourth-order valence-electron chi connectivity index (χ4n) is 1.20. The minimum Gasteiger partial charge on any atom is -0.480 e. The molecule has 0 aliphatic rings. The summed E-state index contributed by atoms with van der Waals surface area (Å²) in [5.74, 6) is -1.93. The van der Waals surface area contributed by atoms with Crippen LogP contribution in [0.25, 0.3) is 0 Å². The molecule has 0 aromatic heterocycles. The van der Waals surface area contributed by atoms with Crippen molar-refractivity contribution in [3.8, 4) is 0 Å². The van der Waals surface area contributed by atoms with Gasteiger partial charge in [-0.2, -0.15) is 0 Å². The molecule has 0 saturated heterocycles. The second kappa shape index (κ2) is 6.96. The van der Waals surface area contributed by atoms with E-state index in [4.69, 9.17) is 9.84 Å². The van der Waals surface area contributed by atoms with Crippen molar-refractivity contribution < 1.29 is 24.2 Å². The van der Waals surface area contributed by atoms with Crippen molar-refractivity contribution in [2.45, 2.75) is 46.3 Å². The number of carboxylic acids is 1. The number of hydrogen-bond acceptors (Lipinski definition) is 4. The fourth-order valence-corrected chi connectivity index (χ4v) is 1.20. The first kappa shape index (κ1) is 17.2. The van der Waals surface area contributed by atoms with Crippen LogP contribution < -0.4 is 10.6 Å². The van der Waals surface area contributed by atoms with Crippen molar-refractivity contribution in [2.24, 2.45) is 5.92 Å². The molecule has 0 spiro atoms. The van der Waals surface area contributed by atoms with Gasteiger partial charge in [0.15, 0.2) is 0 Å². The lowest BCUT2D eigenvalue weighted by molar-refractivity contribution is -0.142. The molecular weight excluding hydrogens is 252 g/mol. The molecule has 19 heavy (non-hydrogen) atoms.